The van der Waals surface area contributed by atoms with E-state index in [-0.39, 0.29) is 11.3 Å². The lowest BCUT2D eigenvalue weighted by atomic mass is 9.85. The Balaban J connectivity index is 2.39. The third-order valence-corrected chi connectivity index (χ3v) is 3.40. The third-order valence-electron chi connectivity index (χ3n) is 3.17. The van der Waals surface area contributed by atoms with E-state index in [1.807, 2.05) is 25.2 Å². The van der Waals surface area contributed by atoms with Gasteiger partial charge in [0, 0.05) is 18.0 Å². The molecule has 1 amide bonds. The van der Waals surface area contributed by atoms with Crippen molar-refractivity contribution in [1.29, 1.82) is 0 Å². The van der Waals surface area contributed by atoms with E-state index in [4.69, 9.17) is 11.6 Å². The summed E-state index contributed by atoms with van der Waals surface area (Å²) in [6, 6.07) is 7.89. The lowest BCUT2D eigenvalue weighted by Gasteiger charge is -2.25. The van der Waals surface area contributed by atoms with Crippen LogP contribution in [-0.2, 0) is 11.2 Å². The van der Waals surface area contributed by atoms with Gasteiger partial charge in [-0.1, -0.05) is 37.6 Å². The minimum atomic E-state index is 0.0172. The number of benzene rings is 1. The summed E-state index contributed by atoms with van der Waals surface area (Å²) in [6.07, 6.45) is 2.34. The molecule has 0 fully saturated rings. The minimum Gasteiger partial charge on any atom is -0.356 e. The Morgan fingerprint density at radius 3 is 2.75 bits per heavy atom. The largest absolute Gasteiger partial charge is 0.356 e. The van der Waals surface area contributed by atoms with Gasteiger partial charge >= 0.3 is 0 Å². The first-order chi connectivity index (χ1) is 9.43. The highest BCUT2D eigenvalue weighted by Gasteiger charge is 2.19. The lowest BCUT2D eigenvalue weighted by molar-refractivity contribution is -0.121. The maximum Gasteiger partial charge on any atom is 0.220 e. The molecule has 0 saturated carbocycles. The molecule has 4 heteroatoms. The second-order valence-electron chi connectivity index (χ2n) is 5.95. The first-order valence-electron chi connectivity index (χ1n) is 7.09. The summed E-state index contributed by atoms with van der Waals surface area (Å²) in [5, 5.41) is 6.82. The molecular weight excluding hydrogens is 272 g/mol. The van der Waals surface area contributed by atoms with E-state index in [9.17, 15) is 4.79 Å². The number of carbonyl (C=O) groups excluding carboxylic acids is 1. The minimum absolute atomic E-state index is 0.0172. The molecule has 2 N–H and O–H groups in total. The number of rotatable bonds is 8. The fraction of sp³-hybridized carbons (Fsp3) is 0.562. The smallest absolute Gasteiger partial charge is 0.220 e. The summed E-state index contributed by atoms with van der Waals surface area (Å²) in [5.41, 5.74) is 1.22. The van der Waals surface area contributed by atoms with Crippen molar-refractivity contribution in [2.75, 3.05) is 20.1 Å². The number of hydrogen-bond donors (Lipinski definition) is 2. The van der Waals surface area contributed by atoms with Crippen molar-refractivity contribution in [3.05, 3.63) is 34.9 Å². The van der Waals surface area contributed by atoms with E-state index in [2.05, 4.69) is 30.5 Å². The maximum absolute atomic E-state index is 11.7. The van der Waals surface area contributed by atoms with Gasteiger partial charge < -0.3 is 10.6 Å². The molecule has 0 bridgehead atoms. The number of hydrogen-bond acceptors (Lipinski definition) is 2. The van der Waals surface area contributed by atoms with Gasteiger partial charge in [-0.15, -0.1) is 0 Å². The van der Waals surface area contributed by atoms with Crippen LogP contribution in [-0.4, -0.2) is 26.0 Å². The number of nitrogens with one attached hydrogen (secondary N) is 2. The fourth-order valence-corrected chi connectivity index (χ4v) is 2.33. The highest BCUT2D eigenvalue weighted by molar-refractivity contribution is 6.30. The van der Waals surface area contributed by atoms with Crippen LogP contribution in [0, 0.1) is 5.41 Å². The predicted octanol–water partition coefficient (Wildman–Crippen LogP) is 3.02. The van der Waals surface area contributed by atoms with Crippen molar-refractivity contribution in [2.45, 2.75) is 33.1 Å². The van der Waals surface area contributed by atoms with Crippen LogP contribution in [0.1, 0.15) is 32.3 Å². The van der Waals surface area contributed by atoms with Crippen molar-refractivity contribution in [3.63, 3.8) is 0 Å². The molecular formula is C16H25ClN2O. The zero-order valence-corrected chi connectivity index (χ0v) is 13.4. The van der Waals surface area contributed by atoms with Crippen molar-refractivity contribution in [1.82, 2.24) is 10.6 Å². The molecule has 1 rings (SSSR count). The zero-order chi connectivity index (χ0) is 15.0. The van der Waals surface area contributed by atoms with Crippen molar-refractivity contribution in [2.24, 2.45) is 5.41 Å². The van der Waals surface area contributed by atoms with E-state index in [1.54, 1.807) is 0 Å². The summed E-state index contributed by atoms with van der Waals surface area (Å²) in [6.45, 7) is 5.86. The molecule has 0 radical (unpaired) electrons. The van der Waals surface area contributed by atoms with Gasteiger partial charge in [0.15, 0.2) is 0 Å². The zero-order valence-electron chi connectivity index (χ0n) is 12.6. The Bertz CT molecular complexity index is 432. The molecule has 0 aliphatic rings. The average molecular weight is 297 g/mol. The van der Waals surface area contributed by atoms with Crippen LogP contribution in [0.4, 0.5) is 0 Å². The Labute approximate surface area is 127 Å². The summed E-state index contributed by atoms with van der Waals surface area (Å²) in [5.74, 6) is 0.124. The highest BCUT2D eigenvalue weighted by atomic mass is 35.5. The third kappa shape index (κ3) is 6.92. The molecule has 1 aromatic rings. The monoisotopic (exact) mass is 296 g/mol. The standard InChI is InChI=1S/C16H25ClN2O/c1-16(2,11-13-6-4-7-14(17)10-13)12-19-15(20)8-5-9-18-3/h4,6-7,10,18H,5,8-9,11-12H2,1-3H3,(H,19,20). The fourth-order valence-electron chi connectivity index (χ4n) is 2.11. The maximum atomic E-state index is 11.7. The Morgan fingerprint density at radius 1 is 1.35 bits per heavy atom. The van der Waals surface area contributed by atoms with E-state index >= 15 is 0 Å². The molecule has 0 aliphatic carbocycles. The van der Waals surface area contributed by atoms with E-state index in [0.29, 0.717) is 13.0 Å². The Morgan fingerprint density at radius 2 is 2.10 bits per heavy atom. The SMILES string of the molecule is CNCCCC(=O)NCC(C)(C)Cc1cccc(Cl)c1. The van der Waals surface area contributed by atoms with Crippen LogP contribution >= 0.6 is 11.6 Å². The molecule has 20 heavy (non-hydrogen) atoms. The van der Waals surface area contributed by atoms with Crippen LogP contribution in [0.3, 0.4) is 0 Å². The molecule has 0 aromatic heterocycles. The lowest BCUT2D eigenvalue weighted by Crippen LogP contribution is -2.35. The molecule has 112 valence electrons. The average Bonchev–Trinajstić information content (AvgIpc) is 2.36. The molecule has 0 spiro atoms. The van der Waals surface area contributed by atoms with Crippen molar-refractivity contribution >= 4 is 17.5 Å². The normalized spacial score (nSPS) is 11.4. The molecule has 0 atom stereocenters. The van der Waals surface area contributed by atoms with E-state index in [0.717, 1.165) is 24.4 Å². The Kier molecular flexibility index (Phi) is 7.03. The topological polar surface area (TPSA) is 41.1 Å². The first-order valence-corrected chi connectivity index (χ1v) is 7.46. The van der Waals surface area contributed by atoms with Gasteiger partial charge in [-0.25, -0.2) is 0 Å². The van der Waals surface area contributed by atoms with Gasteiger partial charge in [-0.05, 0) is 49.5 Å². The van der Waals surface area contributed by atoms with Gasteiger partial charge in [0.25, 0.3) is 0 Å². The molecule has 1 aromatic carbocycles. The van der Waals surface area contributed by atoms with Crippen LogP contribution in [0.25, 0.3) is 0 Å². The number of amides is 1. The van der Waals surface area contributed by atoms with Gasteiger partial charge in [0.05, 0.1) is 0 Å². The summed E-state index contributed by atoms with van der Waals surface area (Å²) >= 11 is 6.00. The van der Waals surface area contributed by atoms with Gasteiger partial charge in [0.2, 0.25) is 5.91 Å². The molecule has 3 nitrogen and oxygen atoms in total. The first kappa shape index (κ1) is 17.0. The van der Waals surface area contributed by atoms with E-state index in [1.165, 1.54) is 5.56 Å². The Hall–Kier alpha value is -1.06. The van der Waals surface area contributed by atoms with Crippen molar-refractivity contribution < 1.29 is 4.79 Å². The summed E-state index contributed by atoms with van der Waals surface area (Å²) in [7, 11) is 1.89. The summed E-state index contributed by atoms with van der Waals surface area (Å²) in [4.78, 5) is 11.7. The highest BCUT2D eigenvalue weighted by Crippen LogP contribution is 2.22. The predicted molar refractivity (Wildman–Crippen MR) is 85.1 cm³/mol. The van der Waals surface area contributed by atoms with Crippen molar-refractivity contribution in [3.8, 4) is 0 Å². The van der Waals surface area contributed by atoms with Gasteiger partial charge in [-0.3, -0.25) is 4.79 Å². The molecule has 0 saturated heterocycles. The van der Waals surface area contributed by atoms with Crippen LogP contribution < -0.4 is 10.6 Å². The second kappa shape index (κ2) is 8.28. The van der Waals surface area contributed by atoms with Crippen LogP contribution in [0.2, 0.25) is 5.02 Å². The number of carbonyl (C=O) groups is 1. The molecule has 0 aliphatic heterocycles. The second-order valence-corrected chi connectivity index (χ2v) is 6.39. The van der Waals surface area contributed by atoms with Crippen LogP contribution in [0.5, 0.6) is 0 Å². The van der Waals surface area contributed by atoms with Crippen LogP contribution in [0.15, 0.2) is 24.3 Å². The van der Waals surface area contributed by atoms with Gasteiger partial charge in [-0.2, -0.15) is 0 Å². The van der Waals surface area contributed by atoms with E-state index < -0.39 is 0 Å². The summed E-state index contributed by atoms with van der Waals surface area (Å²) < 4.78 is 0. The van der Waals surface area contributed by atoms with Gasteiger partial charge in [0.1, 0.15) is 0 Å². The quantitative estimate of drug-likeness (QED) is 0.724. The molecule has 0 unspecified atom stereocenters. The molecule has 0 heterocycles. The number of halogens is 1.